The smallest absolute Gasteiger partial charge is 0.164 e. The van der Waals surface area contributed by atoms with Crippen molar-refractivity contribution in [3.63, 3.8) is 0 Å². The van der Waals surface area contributed by atoms with Gasteiger partial charge in [0.25, 0.3) is 0 Å². The van der Waals surface area contributed by atoms with Crippen LogP contribution in [-0.4, -0.2) is 15.0 Å². The van der Waals surface area contributed by atoms with Crippen LogP contribution >= 0.6 is 0 Å². The summed E-state index contributed by atoms with van der Waals surface area (Å²) in [7, 11) is 0. The highest BCUT2D eigenvalue weighted by molar-refractivity contribution is 6.25. The van der Waals surface area contributed by atoms with Gasteiger partial charge in [0.1, 0.15) is 11.2 Å². The summed E-state index contributed by atoms with van der Waals surface area (Å²) in [6.07, 6.45) is 0. The predicted molar refractivity (Wildman–Crippen MR) is 227 cm³/mol. The molecule has 0 saturated heterocycles. The molecule has 0 aliphatic rings. The first-order chi connectivity index (χ1) is 27.2. The lowest BCUT2D eigenvalue weighted by Crippen LogP contribution is -2.00. The average molecular weight is 702 g/mol. The second-order valence-corrected chi connectivity index (χ2v) is 14.0. The van der Waals surface area contributed by atoms with Gasteiger partial charge in [-0.2, -0.15) is 0 Å². The normalized spacial score (nSPS) is 11.6. The molecule has 0 aliphatic heterocycles. The molecule has 0 saturated carbocycles. The molecule has 256 valence electrons. The number of nitrogens with zero attached hydrogens (tertiary/aromatic N) is 3. The quantitative estimate of drug-likeness (QED) is 0.168. The Bertz CT molecular complexity index is 3150. The first-order valence-corrected chi connectivity index (χ1v) is 18.5. The van der Waals surface area contributed by atoms with E-state index in [2.05, 4.69) is 121 Å². The summed E-state index contributed by atoms with van der Waals surface area (Å²) in [6.45, 7) is 0. The van der Waals surface area contributed by atoms with Gasteiger partial charge in [-0.25, -0.2) is 15.0 Å². The highest BCUT2D eigenvalue weighted by Gasteiger charge is 2.16. The van der Waals surface area contributed by atoms with Gasteiger partial charge in [-0.3, -0.25) is 0 Å². The van der Waals surface area contributed by atoms with Crippen LogP contribution in [0.1, 0.15) is 0 Å². The molecule has 0 bridgehead atoms. The van der Waals surface area contributed by atoms with Crippen molar-refractivity contribution in [3.8, 4) is 56.4 Å². The van der Waals surface area contributed by atoms with Gasteiger partial charge in [0, 0.05) is 27.5 Å². The lowest BCUT2D eigenvalue weighted by atomic mass is 9.92. The summed E-state index contributed by atoms with van der Waals surface area (Å²) in [6, 6.07) is 65.9. The molecule has 4 nitrogen and oxygen atoms in total. The van der Waals surface area contributed by atoms with Gasteiger partial charge in [0.15, 0.2) is 17.5 Å². The van der Waals surface area contributed by atoms with Crippen LogP contribution in [-0.2, 0) is 0 Å². The third-order valence-electron chi connectivity index (χ3n) is 10.7. The average Bonchev–Trinajstić information content (AvgIpc) is 3.64. The van der Waals surface area contributed by atoms with Crippen molar-refractivity contribution in [3.05, 3.63) is 188 Å². The van der Waals surface area contributed by atoms with Gasteiger partial charge in [-0.05, 0) is 84.9 Å². The van der Waals surface area contributed by atoms with Crippen molar-refractivity contribution in [2.75, 3.05) is 0 Å². The Morgan fingerprint density at radius 2 is 0.582 bits per heavy atom. The third kappa shape index (κ3) is 5.34. The summed E-state index contributed by atoms with van der Waals surface area (Å²) in [4.78, 5) is 14.7. The zero-order valence-corrected chi connectivity index (χ0v) is 29.6. The summed E-state index contributed by atoms with van der Waals surface area (Å²) < 4.78 is 6.53. The monoisotopic (exact) mass is 701 g/mol. The van der Waals surface area contributed by atoms with E-state index in [0.717, 1.165) is 49.8 Å². The minimum atomic E-state index is 0.601. The van der Waals surface area contributed by atoms with Gasteiger partial charge in [-0.1, -0.05) is 158 Å². The molecule has 4 heteroatoms. The molecule has 55 heavy (non-hydrogen) atoms. The van der Waals surface area contributed by atoms with E-state index in [1.54, 1.807) is 0 Å². The molecule has 0 unspecified atom stereocenters. The number of hydrogen-bond donors (Lipinski definition) is 0. The molecule has 0 aliphatic carbocycles. The van der Waals surface area contributed by atoms with Crippen LogP contribution in [0, 0.1) is 0 Å². The van der Waals surface area contributed by atoms with E-state index in [0.29, 0.717) is 17.5 Å². The van der Waals surface area contributed by atoms with Crippen molar-refractivity contribution in [2.24, 2.45) is 0 Å². The molecule has 0 atom stereocenters. The lowest BCUT2D eigenvalue weighted by molar-refractivity contribution is 0.669. The minimum Gasteiger partial charge on any atom is -0.456 e. The maximum absolute atomic E-state index is 6.53. The number of fused-ring (bicyclic) bond motifs is 9. The van der Waals surface area contributed by atoms with Crippen LogP contribution in [0.5, 0.6) is 0 Å². The zero-order chi connectivity index (χ0) is 36.3. The van der Waals surface area contributed by atoms with Crippen LogP contribution in [0.2, 0.25) is 0 Å². The highest BCUT2D eigenvalue weighted by Crippen LogP contribution is 2.38. The molecule has 0 radical (unpaired) electrons. The van der Waals surface area contributed by atoms with Crippen molar-refractivity contribution in [2.45, 2.75) is 0 Å². The van der Waals surface area contributed by atoms with E-state index in [9.17, 15) is 0 Å². The van der Waals surface area contributed by atoms with Gasteiger partial charge in [-0.15, -0.1) is 0 Å². The summed E-state index contributed by atoms with van der Waals surface area (Å²) in [5.41, 5.74) is 9.00. The molecule has 11 rings (SSSR count). The van der Waals surface area contributed by atoms with E-state index >= 15 is 0 Å². The number of benzene rings is 9. The lowest BCUT2D eigenvalue weighted by Gasteiger charge is -2.12. The first kappa shape index (κ1) is 31.1. The summed E-state index contributed by atoms with van der Waals surface area (Å²) >= 11 is 0. The van der Waals surface area contributed by atoms with Crippen LogP contribution < -0.4 is 0 Å². The number of furan rings is 1. The molecule has 11 aromatic rings. The Kier molecular flexibility index (Phi) is 7.14. The fourth-order valence-corrected chi connectivity index (χ4v) is 7.98. The van der Waals surface area contributed by atoms with Gasteiger partial charge in [0.2, 0.25) is 0 Å². The molecule has 2 heterocycles. The molecule has 9 aromatic carbocycles. The molecular formula is C51H31N3O. The molecule has 0 amide bonds. The van der Waals surface area contributed by atoms with Crippen molar-refractivity contribution in [1.82, 2.24) is 15.0 Å². The molecule has 0 spiro atoms. The Balaban J connectivity index is 0.941. The summed E-state index contributed by atoms with van der Waals surface area (Å²) in [5, 5.41) is 9.83. The van der Waals surface area contributed by atoms with E-state index < -0.39 is 0 Å². The van der Waals surface area contributed by atoms with Crippen LogP contribution in [0.25, 0.3) is 111 Å². The maximum atomic E-state index is 6.53. The zero-order valence-electron chi connectivity index (χ0n) is 29.6. The van der Waals surface area contributed by atoms with E-state index in [-0.39, 0.29) is 0 Å². The van der Waals surface area contributed by atoms with E-state index in [4.69, 9.17) is 19.4 Å². The molecular weight excluding hydrogens is 671 g/mol. The van der Waals surface area contributed by atoms with Crippen molar-refractivity contribution >= 4 is 54.3 Å². The Morgan fingerprint density at radius 1 is 0.236 bits per heavy atom. The number of aromatic nitrogens is 3. The summed E-state index contributed by atoms with van der Waals surface area (Å²) in [5.74, 6) is 1.86. The second-order valence-electron chi connectivity index (χ2n) is 14.0. The SMILES string of the molecule is c1ccc(-c2nc(-c3ccccc3)nc(-c3ccc4c(c3)oc3cc(-c5ccc(-c6ccc7c8ccccc8c8ccccc8c7c6)cc5)ccc34)n2)cc1. The fraction of sp³-hybridized carbons (Fsp3) is 0. The first-order valence-electron chi connectivity index (χ1n) is 18.5. The van der Waals surface area contributed by atoms with E-state index in [1.807, 2.05) is 66.7 Å². The van der Waals surface area contributed by atoms with Gasteiger partial charge < -0.3 is 4.42 Å². The standard InChI is InChI=1S/C51H31N3O/c1-3-11-34(12-4-1)49-52-50(35-13-5-2-6-14-35)54-51(53-49)38-25-28-45-44-27-24-37(30-47(44)55-48(45)31-38)33-21-19-32(20-22-33)36-23-26-43-41-17-8-7-15-39(41)40-16-9-10-18-42(40)46(43)29-36/h1-31H. The third-order valence-corrected chi connectivity index (χ3v) is 10.7. The molecule has 2 aromatic heterocycles. The number of hydrogen-bond acceptors (Lipinski definition) is 4. The number of rotatable bonds is 5. The topological polar surface area (TPSA) is 51.8 Å². The largest absolute Gasteiger partial charge is 0.456 e. The highest BCUT2D eigenvalue weighted by atomic mass is 16.3. The molecule has 0 fully saturated rings. The van der Waals surface area contributed by atoms with E-state index in [1.165, 1.54) is 43.4 Å². The van der Waals surface area contributed by atoms with Crippen molar-refractivity contribution < 1.29 is 4.42 Å². The molecule has 0 N–H and O–H groups in total. The minimum absolute atomic E-state index is 0.601. The van der Waals surface area contributed by atoms with Gasteiger partial charge >= 0.3 is 0 Å². The predicted octanol–water partition coefficient (Wildman–Crippen LogP) is 13.6. The maximum Gasteiger partial charge on any atom is 0.164 e. The van der Waals surface area contributed by atoms with Crippen LogP contribution in [0.4, 0.5) is 0 Å². The Morgan fingerprint density at radius 3 is 1.09 bits per heavy atom. The van der Waals surface area contributed by atoms with Crippen molar-refractivity contribution in [1.29, 1.82) is 0 Å². The van der Waals surface area contributed by atoms with Crippen LogP contribution in [0.15, 0.2) is 192 Å². The Labute approximate surface area is 317 Å². The van der Waals surface area contributed by atoms with Gasteiger partial charge in [0.05, 0.1) is 0 Å². The Hall–Kier alpha value is -7.43. The fourth-order valence-electron chi connectivity index (χ4n) is 7.98. The second kappa shape index (κ2) is 12.6. The van der Waals surface area contributed by atoms with Crippen LogP contribution in [0.3, 0.4) is 0 Å².